The van der Waals surface area contributed by atoms with Gasteiger partial charge < -0.3 is 9.84 Å². The number of pyridine rings is 1. The predicted octanol–water partition coefficient (Wildman–Crippen LogP) is 5.02. The van der Waals surface area contributed by atoms with Crippen LogP contribution in [-0.2, 0) is 14.8 Å². The minimum absolute atomic E-state index is 0.0323. The second-order valence-electron chi connectivity index (χ2n) is 7.79. The van der Waals surface area contributed by atoms with E-state index in [2.05, 4.69) is 4.98 Å². The second kappa shape index (κ2) is 9.91. The Kier molecular flexibility index (Phi) is 7.07. The quantitative estimate of drug-likeness (QED) is 0.338. The molecule has 0 saturated heterocycles. The van der Waals surface area contributed by atoms with E-state index in [-0.39, 0.29) is 49.6 Å². The van der Waals surface area contributed by atoms with Crippen LogP contribution in [0.25, 0.3) is 10.9 Å². The number of ether oxygens (including phenoxy) is 1. The molecule has 36 heavy (non-hydrogen) atoms. The van der Waals surface area contributed by atoms with E-state index in [0.717, 1.165) is 10.2 Å². The van der Waals surface area contributed by atoms with E-state index >= 15 is 0 Å². The third-order valence-corrected chi connectivity index (χ3v) is 7.99. The average Bonchev–Trinajstić information content (AvgIpc) is 3.25. The molecular formula is C25H19Cl2N3O5S. The molecule has 0 saturated carbocycles. The maximum atomic E-state index is 13.8. The van der Waals surface area contributed by atoms with Gasteiger partial charge in [0.25, 0.3) is 10.0 Å². The number of nitriles is 1. The van der Waals surface area contributed by atoms with Crippen LogP contribution >= 0.6 is 23.2 Å². The van der Waals surface area contributed by atoms with E-state index in [0.29, 0.717) is 10.9 Å². The first kappa shape index (κ1) is 25.7. The standard InChI is InChI=1S/C25H19Cl2N3O5S/c1-3-35-25(32)23-22(27)21(18(26)13-29-23)24(31)20-11-17-14(2)9-15(12-28)10-19(17)30(20)36(33,34)16-7-5-4-6-8-16/h4-11,13,24,31H,3H2,1-2H3. The number of benzene rings is 2. The van der Waals surface area contributed by atoms with Crippen LogP contribution in [0.1, 0.15) is 45.9 Å². The summed E-state index contributed by atoms with van der Waals surface area (Å²) in [5.41, 5.74) is 0.593. The van der Waals surface area contributed by atoms with Crippen LogP contribution in [0.3, 0.4) is 0 Å². The predicted molar refractivity (Wildman–Crippen MR) is 135 cm³/mol. The Morgan fingerprint density at radius 2 is 1.92 bits per heavy atom. The number of nitrogens with zero attached hydrogens (tertiary/aromatic N) is 3. The topological polar surface area (TPSA) is 122 Å². The molecule has 1 N–H and O–H groups in total. The molecule has 0 amide bonds. The van der Waals surface area contributed by atoms with Crippen molar-refractivity contribution in [3.8, 4) is 6.07 Å². The van der Waals surface area contributed by atoms with Gasteiger partial charge in [-0.1, -0.05) is 41.4 Å². The molecule has 4 rings (SSSR count). The van der Waals surface area contributed by atoms with Crippen molar-refractivity contribution < 1.29 is 23.1 Å². The number of halogens is 2. The largest absolute Gasteiger partial charge is 0.461 e. The first-order valence-electron chi connectivity index (χ1n) is 10.7. The molecule has 0 aliphatic carbocycles. The SMILES string of the molecule is CCOC(=O)c1ncc(Cl)c(C(O)c2cc3c(C)cc(C#N)cc3n2S(=O)(=O)c2ccccc2)c1Cl. The number of aromatic nitrogens is 2. The fourth-order valence-corrected chi connectivity index (χ4v) is 6.10. The highest BCUT2D eigenvalue weighted by molar-refractivity contribution is 7.90. The number of hydrogen-bond donors (Lipinski definition) is 1. The molecule has 8 nitrogen and oxygen atoms in total. The van der Waals surface area contributed by atoms with Gasteiger partial charge in [-0.15, -0.1) is 0 Å². The van der Waals surface area contributed by atoms with Crippen molar-refractivity contribution in [2.45, 2.75) is 24.8 Å². The van der Waals surface area contributed by atoms with Gasteiger partial charge in [-0.2, -0.15) is 5.26 Å². The molecule has 0 aliphatic heterocycles. The van der Waals surface area contributed by atoms with Gasteiger partial charge in [0.1, 0.15) is 6.10 Å². The van der Waals surface area contributed by atoms with Crippen molar-refractivity contribution in [1.29, 1.82) is 5.26 Å². The number of carbonyl (C=O) groups is 1. The van der Waals surface area contributed by atoms with Crippen LogP contribution in [0.4, 0.5) is 0 Å². The molecule has 4 aromatic rings. The summed E-state index contributed by atoms with van der Waals surface area (Å²) in [6.07, 6.45) is -0.548. The Labute approximate surface area is 217 Å². The molecule has 2 aromatic carbocycles. The summed E-state index contributed by atoms with van der Waals surface area (Å²) < 4.78 is 33.6. The summed E-state index contributed by atoms with van der Waals surface area (Å²) in [6, 6.07) is 14.2. The van der Waals surface area contributed by atoms with Gasteiger partial charge in [-0.3, -0.25) is 0 Å². The summed E-state index contributed by atoms with van der Waals surface area (Å²) in [6.45, 7) is 3.41. The van der Waals surface area contributed by atoms with Gasteiger partial charge in [0, 0.05) is 17.1 Å². The maximum absolute atomic E-state index is 13.8. The molecule has 0 radical (unpaired) electrons. The third-order valence-electron chi connectivity index (χ3n) is 5.55. The summed E-state index contributed by atoms with van der Waals surface area (Å²) in [4.78, 5) is 16.2. The van der Waals surface area contributed by atoms with Crippen LogP contribution < -0.4 is 0 Å². The number of aliphatic hydroxyl groups excluding tert-OH is 1. The third kappa shape index (κ3) is 4.33. The van der Waals surface area contributed by atoms with Gasteiger partial charge in [-0.05, 0) is 49.7 Å². The summed E-state index contributed by atoms with van der Waals surface area (Å²) in [5, 5.41) is 21.1. The molecular weight excluding hydrogens is 525 g/mol. The number of hydrogen-bond acceptors (Lipinski definition) is 7. The van der Waals surface area contributed by atoms with Crippen molar-refractivity contribution in [2.75, 3.05) is 6.61 Å². The maximum Gasteiger partial charge on any atom is 0.358 e. The first-order valence-corrected chi connectivity index (χ1v) is 12.9. The number of fused-ring (bicyclic) bond motifs is 1. The van der Waals surface area contributed by atoms with Gasteiger partial charge in [0.2, 0.25) is 0 Å². The lowest BCUT2D eigenvalue weighted by Crippen LogP contribution is -2.19. The monoisotopic (exact) mass is 543 g/mol. The fraction of sp³-hybridized carbons (Fsp3) is 0.160. The van der Waals surface area contributed by atoms with E-state index in [1.54, 1.807) is 38.1 Å². The molecule has 0 bridgehead atoms. The van der Waals surface area contributed by atoms with Crippen molar-refractivity contribution in [2.24, 2.45) is 0 Å². The first-order chi connectivity index (χ1) is 17.1. The van der Waals surface area contributed by atoms with E-state index in [4.69, 9.17) is 27.9 Å². The molecule has 1 unspecified atom stereocenters. The molecule has 1 atom stereocenters. The zero-order valence-corrected chi connectivity index (χ0v) is 21.4. The number of carbonyl (C=O) groups excluding carboxylic acids is 1. The Hall–Kier alpha value is -3.42. The van der Waals surface area contributed by atoms with Crippen molar-refractivity contribution >= 4 is 50.1 Å². The highest BCUT2D eigenvalue weighted by Gasteiger charge is 2.31. The number of esters is 1. The summed E-state index contributed by atoms with van der Waals surface area (Å²) in [7, 11) is -4.25. The smallest absolute Gasteiger partial charge is 0.358 e. The molecule has 184 valence electrons. The second-order valence-corrected chi connectivity index (χ2v) is 10.4. The van der Waals surface area contributed by atoms with Crippen molar-refractivity contribution in [1.82, 2.24) is 8.96 Å². The van der Waals surface area contributed by atoms with E-state index < -0.39 is 22.1 Å². The van der Waals surface area contributed by atoms with Gasteiger partial charge >= 0.3 is 5.97 Å². The minimum atomic E-state index is -4.25. The van der Waals surface area contributed by atoms with Gasteiger partial charge in [0.15, 0.2) is 5.69 Å². The van der Waals surface area contributed by atoms with E-state index in [1.165, 1.54) is 24.3 Å². The number of rotatable bonds is 6. The number of aryl methyl sites for hydroxylation is 1. The van der Waals surface area contributed by atoms with Crippen molar-refractivity contribution in [3.05, 3.63) is 92.9 Å². The Morgan fingerprint density at radius 1 is 1.22 bits per heavy atom. The van der Waals surface area contributed by atoms with Crippen molar-refractivity contribution in [3.63, 3.8) is 0 Å². The fourth-order valence-electron chi connectivity index (χ4n) is 3.92. The molecule has 2 aromatic heterocycles. The molecule has 0 fully saturated rings. The summed E-state index contributed by atoms with van der Waals surface area (Å²) in [5.74, 6) is -0.820. The molecule has 2 heterocycles. The normalized spacial score (nSPS) is 12.3. The Morgan fingerprint density at radius 3 is 2.56 bits per heavy atom. The van der Waals surface area contributed by atoms with Gasteiger partial charge in [0.05, 0.1) is 44.4 Å². The lowest BCUT2D eigenvalue weighted by molar-refractivity contribution is 0.0519. The lowest BCUT2D eigenvalue weighted by atomic mass is 10.0. The van der Waals surface area contributed by atoms with Crippen LogP contribution in [0, 0.1) is 18.3 Å². The zero-order valence-electron chi connectivity index (χ0n) is 19.1. The van der Waals surface area contributed by atoms with Gasteiger partial charge in [-0.25, -0.2) is 22.2 Å². The number of aliphatic hydroxyl groups is 1. The van der Waals surface area contributed by atoms with Crippen LogP contribution in [0.5, 0.6) is 0 Å². The molecule has 11 heteroatoms. The van der Waals surface area contributed by atoms with E-state index in [9.17, 15) is 23.6 Å². The van der Waals surface area contributed by atoms with Crippen LogP contribution in [0.2, 0.25) is 10.0 Å². The molecule has 0 spiro atoms. The molecule has 0 aliphatic rings. The highest BCUT2D eigenvalue weighted by atomic mass is 35.5. The summed E-state index contributed by atoms with van der Waals surface area (Å²) >= 11 is 12.8. The lowest BCUT2D eigenvalue weighted by Gasteiger charge is -2.19. The zero-order chi connectivity index (χ0) is 26.2. The van der Waals surface area contributed by atoms with Crippen LogP contribution in [-0.4, -0.2) is 35.1 Å². The van der Waals surface area contributed by atoms with E-state index in [1.807, 2.05) is 6.07 Å². The van der Waals surface area contributed by atoms with Crippen LogP contribution in [0.15, 0.2) is 59.6 Å². The highest BCUT2D eigenvalue weighted by Crippen LogP contribution is 2.39. The minimum Gasteiger partial charge on any atom is -0.461 e. The Balaban J connectivity index is 2.05. The Bertz CT molecular complexity index is 1640. The average molecular weight is 544 g/mol.